The Balaban J connectivity index is 2.90. The molecule has 0 radical (unpaired) electrons. The lowest BCUT2D eigenvalue weighted by Gasteiger charge is -2.00. The summed E-state index contributed by atoms with van der Waals surface area (Å²) in [4.78, 5) is 0. The van der Waals surface area contributed by atoms with E-state index in [0.717, 1.165) is 16.8 Å². The molecule has 60 valence electrons. The lowest BCUT2D eigenvalue weighted by molar-refractivity contribution is 1.17. The molecule has 11 heavy (non-hydrogen) atoms. The number of hydrogen-bond acceptors (Lipinski definition) is 0. The van der Waals surface area contributed by atoms with Gasteiger partial charge in [0.2, 0.25) is 0 Å². The van der Waals surface area contributed by atoms with E-state index in [-0.39, 0.29) is 0 Å². The van der Waals surface area contributed by atoms with E-state index in [4.69, 9.17) is 11.6 Å². The smallest absolute Gasteiger partial charge is 0.0448 e. The van der Waals surface area contributed by atoms with Crippen molar-refractivity contribution in [2.45, 2.75) is 6.42 Å². The Morgan fingerprint density at radius 3 is 2.73 bits per heavy atom. The largest absolute Gasteiger partial charge is 0.0924 e. The molecule has 0 aliphatic heterocycles. The Morgan fingerprint density at radius 1 is 1.45 bits per heavy atom. The zero-order chi connectivity index (χ0) is 8.27. The lowest BCUT2D eigenvalue weighted by Crippen LogP contribution is -1.87. The summed E-state index contributed by atoms with van der Waals surface area (Å²) in [5.41, 5.74) is 1.21. The van der Waals surface area contributed by atoms with Crippen molar-refractivity contribution in [2.24, 2.45) is 0 Å². The van der Waals surface area contributed by atoms with Crippen LogP contribution in [-0.2, 0) is 6.42 Å². The molecule has 0 heterocycles. The predicted octanol–water partition coefficient (Wildman–Crippen LogP) is 3.88. The first kappa shape index (κ1) is 9.81. The first-order chi connectivity index (χ1) is 5.24. The van der Waals surface area contributed by atoms with Crippen molar-refractivity contribution in [2.75, 3.05) is 5.33 Å². The molecule has 1 aromatic carbocycles. The summed E-state index contributed by atoms with van der Waals surface area (Å²) in [6.07, 6.45) is 0.996. The van der Waals surface area contributed by atoms with Gasteiger partial charge >= 0.3 is 0 Å². The van der Waals surface area contributed by atoms with E-state index in [1.165, 1.54) is 9.13 Å². The van der Waals surface area contributed by atoms with Gasteiger partial charge in [-0.2, -0.15) is 0 Å². The monoisotopic (exact) mass is 344 g/mol. The van der Waals surface area contributed by atoms with Gasteiger partial charge in [-0.3, -0.25) is 0 Å². The maximum atomic E-state index is 5.98. The molecule has 0 amide bonds. The SMILES string of the molecule is Clc1cc(I)ccc1CCBr. The molecule has 0 nitrogen and oxygen atoms in total. The van der Waals surface area contributed by atoms with Crippen molar-refractivity contribution in [3.8, 4) is 0 Å². The number of aryl methyl sites for hydroxylation is 1. The van der Waals surface area contributed by atoms with E-state index >= 15 is 0 Å². The molecule has 0 aliphatic carbocycles. The Bertz CT molecular complexity index is 250. The van der Waals surface area contributed by atoms with Crippen LogP contribution in [0, 0.1) is 3.57 Å². The van der Waals surface area contributed by atoms with Crippen molar-refractivity contribution in [3.05, 3.63) is 32.4 Å². The molecule has 0 aliphatic rings. The van der Waals surface area contributed by atoms with Crippen molar-refractivity contribution in [1.82, 2.24) is 0 Å². The second kappa shape index (κ2) is 4.67. The van der Waals surface area contributed by atoms with Crippen LogP contribution < -0.4 is 0 Å². The third-order valence-corrected chi connectivity index (χ3v) is 2.80. The van der Waals surface area contributed by atoms with Crippen LogP contribution in [0.1, 0.15) is 5.56 Å². The van der Waals surface area contributed by atoms with Crippen LogP contribution in [0.4, 0.5) is 0 Å². The molecular weight excluding hydrogens is 338 g/mol. The van der Waals surface area contributed by atoms with Crippen LogP contribution in [0.15, 0.2) is 18.2 Å². The Labute approximate surface area is 93.6 Å². The van der Waals surface area contributed by atoms with Gasteiger partial charge in [-0.25, -0.2) is 0 Å². The minimum atomic E-state index is 0.872. The summed E-state index contributed by atoms with van der Waals surface area (Å²) in [7, 11) is 0. The van der Waals surface area contributed by atoms with E-state index in [1.54, 1.807) is 0 Å². The average molecular weight is 345 g/mol. The number of benzene rings is 1. The molecule has 0 fully saturated rings. The second-order valence-corrected chi connectivity index (χ2v) is 4.62. The molecule has 0 spiro atoms. The summed E-state index contributed by atoms with van der Waals surface area (Å²) in [5.74, 6) is 0. The van der Waals surface area contributed by atoms with E-state index in [1.807, 2.05) is 6.07 Å². The minimum Gasteiger partial charge on any atom is -0.0924 e. The van der Waals surface area contributed by atoms with Gasteiger partial charge in [0.1, 0.15) is 0 Å². The molecule has 0 unspecified atom stereocenters. The molecule has 3 heteroatoms. The van der Waals surface area contributed by atoms with Crippen molar-refractivity contribution in [1.29, 1.82) is 0 Å². The van der Waals surface area contributed by atoms with Crippen LogP contribution in [0.5, 0.6) is 0 Å². The summed E-state index contributed by atoms with van der Waals surface area (Å²) in [6, 6.07) is 6.13. The van der Waals surface area contributed by atoms with Crippen LogP contribution in [0.3, 0.4) is 0 Å². The molecule has 0 N–H and O–H groups in total. The molecule has 0 bridgehead atoms. The summed E-state index contributed by atoms with van der Waals surface area (Å²) >= 11 is 11.6. The first-order valence-electron chi connectivity index (χ1n) is 3.24. The van der Waals surface area contributed by atoms with Gasteiger partial charge in [-0.05, 0) is 46.7 Å². The van der Waals surface area contributed by atoms with E-state index in [9.17, 15) is 0 Å². The third-order valence-electron chi connectivity index (χ3n) is 1.38. The minimum absolute atomic E-state index is 0.872. The maximum absolute atomic E-state index is 5.98. The summed E-state index contributed by atoms with van der Waals surface area (Å²) in [6.45, 7) is 0. The fourth-order valence-corrected chi connectivity index (χ4v) is 2.20. The van der Waals surface area contributed by atoms with Gasteiger partial charge in [0, 0.05) is 13.9 Å². The maximum Gasteiger partial charge on any atom is 0.0448 e. The highest BCUT2D eigenvalue weighted by Crippen LogP contribution is 2.19. The van der Waals surface area contributed by atoms with E-state index in [2.05, 4.69) is 50.7 Å². The number of rotatable bonds is 2. The molecule has 0 atom stereocenters. The summed E-state index contributed by atoms with van der Waals surface area (Å²) < 4.78 is 1.19. The standard InChI is InChI=1S/C8H7BrClI/c9-4-3-6-1-2-7(11)5-8(6)10/h1-2,5H,3-4H2. The normalized spacial score (nSPS) is 10.1. The fraction of sp³-hybridized carbons (Fsp3) is 0.250. The Morgan fingerprint density at radius 2 is 2.18 bits per heavy atom. The highest BCUT2D eigenvalue weighted by atomic mass is 127. The van der Waals surface area contributed by atoms with Crippen LogP contribution in [-0.4, -0.2) is 5.33 Å². The molecule has 1 aromatic rings. The third kappa shape index (κ3) is 2.92. The number of halogens is 3. The van der Waals surface area contributed by atoms with Gasteiger partial charge < -0.3 is 0 Å². The van der Waals surface area contributed by atoms with Crippen LogP contribution >= 0.6 is 50.1 Å². The molecule has 0 saturated heterocycles. The van der Waals surface area contributed by atoms with Crippen molar-refractivity contribution in [3.63, 3.8) is 0 Å². The van der Waals surface area contributed by atoms with Crippen LogP contribution in [0.2, 0.25) is 5.02 Å². The molecule has 0 saturated carbocycles. The molecule has 1 rings (SSSR count). The lowest BCUT2D eigenvalue weighted by atomic mass is 10.2. The average Bonchev–Trinajstić information content (AvgIpc) is 1.95. The predicted molar refractivity (Wildman–Crippen MR) is 61.7 cm³/mol. The first-order valence-corrected chi connectivity index (χ1v) is 5.81. The van der Waals surface area contributed by atoms with E-state index < -0.39 is 0 Å². The van der Waals surface area contributed by atoms with Crippen molar-refractivity contribution < 1.29 is 0 Å². The highest BCUT2D eigenvalue weighted by Gasteiger charge is 1.98. The zero-order valence-electron chi connectivity index (χ0n) is 5.78. The van der Waals surface area contributed by atoms with Gasteiger partial charge in [-0.1, -0.05) is 33.6 Å². The highest BCUT2D eigenvalue weighted by molar-refractivity contribution is 14.1. The van der Waals surface area contributed by atoms with Gasteiger partial charge in [0.25, 0.3) is 0 Å². The second-order valence-electron chi connectivity index (χ2n) is 2.17. The Kier molecular flexibility index (Phi) is 4.17. The number of hydrogen-bond donors (Lipinski definition) is 0. The Hall–Kier alpha value is 0.720. The van der Waals surface area contributed by atoms with Gasteiger partial charge in [0.05, 0.1) is 0 Å². The van der Waals surface area contributed by atoms with Crippen LogP contribution in [0.25, 0.3) is 0 Å². The fourth-order valence-electron chi connectivity index (χ4n) is 0.826. The zero-order valence-corrected chi connectivity index (χ0v) is 10.3. The van der Waals surface area contributed by atoms with Gasteiger partial charge in [-0.15, -0.1) is 0 Å². The topological polar surface area (TPSA) is 0 Å². The number of alkyl halides is 1. The van der Waals surface area contributed by atoms with E-state index in [0.29, 0.717) is 0 Å². The molecular formula is C8H7BrClI. The quantitative estimate of drug-likeness (QED) is 0.564. The molecule has 0 aromatic heterocycles. The van der Waals surface area contributed by atoms with Gasteiger partial charge in [0.15, 0.2) is 0 Å². The van der Waals surface area contributed by atoms with Crippen molar-refractivity contribution >= 4 is 50.1 Å². The summed E-state index contributed by atoms with van der Waals surface area (Å²) in [5, 5.41) is 1.84.